The zero-order valence-corrected chi connectivity index (χ0v) is 22.4. The van der Waals surface area contributed by atoms with E-state index in [1.165, 1.54) is 5.56 Å². The second-order valence-corrected chi connectivity index (χ2v) is 9.74. The molecule has 0 aromatic heterocycles. The van der Waals surface area contributed by atoms with E-state index in [0.717, 1.165) is 17.5 Å². The second-order valence-electron chi connectivity index (χ2n) is 8.93. The van der Waals surface area contributed by atoms with Gasteiger partial charge in [0.1, 0.15) is 11.8 Å². The van der Waals surface area contributed by atoms with E-state index in [2.05, 4.69) is 12.2 Å². The molecule has 1 atom stereocenters. The molecule has 0 saturated heterocycles. The van der Waals surface area contributed by atoms with E-state index in [4.69, 9.17) is 27.9 Å². The van der Waals surface area contributed by atoms with Crippen LogP contribution in [0.5, 0.6) is 5.75 Å². The molecule has 0 fully saturated rings. The largest absolute Gasteiger partial charge is 0.484 e. The highest BCUT2D eigenvalue weighted by Crippen LogP contribution is 2.24. The smallest absolute Gasteiger partial charge is 0.261 e. The molecule has 36 heavy (non-hydrogen) atoms. The predicted molar refractivity (Wildman–Crippen MR) is 146 cm³/mol. The minimum absolute atomic E-state index is 0.0777. The lowest BCUT2D eigenvalue weighted by atomic mass is 10.0. The third-order valence-corrected chi connectivity index (χ3v) is 6.47. The molecule has 3 aromatic carbocycles. The molecule has 0 bridgehead atoms. The number of carbonyl (C=O) groups excluding carboxylic acids is 2. The topological polar surface area (TPSA) is 58.6 Å². The highest BCUT2D eigenvalue weighted by atomic mass is 35.5. The van der Waals surface area contributed by atoms with Gasteiger partial charge in [-0.3, -0.25) is 9.59 Å². The summed E-state index contributed by atoms with van der Waals surface area (Å²) in [6.07, 6.45) is 1.28. The Morgan fingerprint density at radius 2 is 1.56 bits per heavy atom. The van der Waals surface area contributed by atoms with Crippen LogP contribution in [0.2, 0.25) is 10.0 Å². The van der Waals surface area contributed by atoms with Crippen molar-refractivity contribution in [2.75, 3.05) is 6.61 Å². The summed E-state index contributed by atoms with van der Waals surface area (Å²) in [5.41, 5.74) is 2.90. The number of nitrogens with one attached hydrogen (secondary N) is 1. The maximum atomic E-state index is 13.6. The SMILES string of the molecule is CCc1ccc(OCC(=O)N(Cc2ccc(Cl)c(Cl)c2)[C@H](Cc2ccccc2)C(=O)NC(C)C)cc1. The first-order chi connectivity index (χ1) is 17.3. The van der Waals surface area contributed by atoms with E-state index < -0.39 is 6.04 Å². The molecule has 7 heteroatoms. The van der Waals surface area contributed by atoms with Crippen molar-refractivity contribution in [3.8, 4) is 5.75 Å². The Kier molecular flexibility index (Phi) is 10.2. The number of benzene rings is 3. The Labute approximate surface area is 223 Å². The molecule has 3 aromatic rings. The van der Waals surface area contributed by atoms with Crippen LogP contribution < -0.4 is 10.1 Å². The van der Waals surface area contributed by atoms with Crippen LogP contribution in [0.4, 0.5) is 0 Å². The van der Waals surface area contributed by atoms with Gasteiger partial charge in [0.15, 0.2) is 6.61 Å². The molecule has 0 aliphatic rings. The van der Waals surface area contributed by atoms with Crippen molar-refractivity contribution in [2.24, 2.45) is 0 Å². The van der Waals surface area contributed by atoms with Crippen molar-refractivity contribution < 1.29 is 14.3 Å². The Bertz CT molecular complexity index is 1150. The van der Waals surface area contributed by atoms with E-state index in [0.29, 0.717) is 22.2 Å². The molecule has 190 valence electrons. The Morgan fingerprint density at radius 3 is 2.17 bits per heavy atom. The molecule has 0 heterocycles. The minimum Gasteiger partial charge on any atom is -0.484 e. The molecule has 2 amide bonds. The van der Waals surface area contributed by atoms with Crippen LogP contribution in [0.1, 0.15) is 37.5 Å². The molecule has 0 aliphatic heterocycles. The molecule has 0 radical (unpaired) electrons. The van der Waals surface area contributed by atoms with Gasteiger partial charge >= 0.3 is 0 Å². The van der Waals surface area contributed by atoms with Gasteiger partial charge in [0, 0.05) is 19.0 Å². The molecule has 0 aliphatic carbocycles. The number of ether oxygens (including phenoxy) is 1. The zero-order valence-electron chi connectivity index (χ0n) is 20.8. The number of carbonyl (C=O) groups is 2. The first-order valence-electron chi connectivity index (χ1n) is 12.1. The highest BCUT2D eigenvalue weighted by molar-refractivity contribution is 6.42. The third kappa shape index (κ3) is 8.00. The first-order valence-corrected chi connectivity index (χ1v) is 12.8. The minimum atomic E-state index is -0.747. The van der Waals surface area contributed by atoms with Crippen LogP contribution in [0.25, 0.3) is 0 Å². The normalized spacial score (nSPS) is 11.7. The molecule has 0 saturated carbocycles. The van der Waals surface area contributed by atoms with Gasteiger partial charge in [-0.15, -0.1) is 0 Å². The number of amides is 2. The van der Waals surface area contributed by atoms with E-state index in [9.17, 15) is 9.59 Å². The van der Waals surface area contributed by atoms with Crippen LogP contribution in [-0.2, 0) is 29.0 Å². The number of nitrogens with zero attached hydrogens (tertiary/aromatic N) is 1. The lowest BCUT2D eigenvalue weighted by molar-refractivity contribution is -0.143. The molecule has 0 unspecified atom stereocenters. The molecule has 0 spiro atoms. The molecule has 3 rings (SSSR count). The molecular weight excluding hydrogens is 495 g/mol. The van der Waals surface area contributed by atoms with Crippen molar-refractivity contribution in [3.63, 3.8) is 0 Å². The van der Waals surface area contributed by atoms with Crippen LogP contribution in [0.3, 0.4) is 0 Å². The van der Waals surface area contributed by atoms with Gasteiger partial charge in [-0.1, -0.05) is 78.7 Å². The van der Waals surface area contributed by atoms with E-state index in [1.807, 2.05) is 68.4 Å². The average Bonchev–Trinajstić information content (AvgIpc) is 2.87. The highest BCUT2D eigenvalue weighted by Gasteiger charge is 2.31. The number of rotatable bonds is 11. The maximum Gasteiger partial charge on any atom is 0.261 e. The van der Waals surface area contributed by atoms with Crippen molar-refractivity contribution in [2.45, 2.75) is 52.2 Å². The second kappa shape index (κ2) is 13.3. The third-order valence-electron chi connectivity index (χ3n) is 5.73. The Morgan fingerprint density at radius 1 is 0.889 bits per heavy atom. The average molecular weight is 527 g/mol. The monoisotopic (exact) mass is 526 g/mol. The van der Waals surface area contributed by atoms with Crippen molar-refractivity contribution in [3.05, 3.63) is 99.5 Å². The Hall–Kier alpha value is -3.02. The van der Waals surface area contributed by atoms with Gasteiger partial charge < -0.3 is 15.0 Å². The van der Waals surface area contributed by atoms with Crippen LogP contribution in [0.15, 0.2) is 72.8 Å². The summed E-state index contributed by atoms with van der Waals surface area (Å²) in [4.78, 5) is 28.5. The van der Waals surface area contributed by atoms with E-state index in [1.54, 1.807) is 23.1 Å². The quantitative estimate of drug-likeness (QED) is 0.328. The van der Waals surface area contributed by atoms with E-state index in [-0.39, 0.29) is 31.0 Å². The predicted octanol–water partition coefficient (Wildman–Crippen LogP) is 6.10. The number of hydrogen-bond donors (Lipinski definition) is 1. The maximum absolute atomic E-state index is 13.6. The van der Waals surface area contributed by atoms with Crippen LogP contribution >= 0.6 is 23.2 Å². The van der Waals surface area contributed by atoms with Crippen LogP contribution in [-0.4, -0.2) is 35.4 Å². The fourth-order valence-electron chi connectivity index (χ4n) is 3.82. The fourth-order valence-corrected chi connectivity index (χ4v) is 4.14. The summed E-state index contributed by atoms with van der Waals surface area (Å²) >= 11 is 12.3. The van der Waals surface area contributed by atoms with Crippen LogP contribution in [0, 0.1) is 0 Å². The van der Waals surface area contributed by atoms with Gasteiger partial charge in [-0.05, 0) is 61.2 Å². The lowest BCUT2D eigenvalue weighted by Gasteiger charge is -2.32. The zero-order chi connectivity index (χ0) is 26.1. The van der Waals surface area contributed by atoms with Crippen molar-refractivity contribution >= 4 is 35.0 Å². The molecule has 5 nitrogen and oxygen atoms in total. The van der Waals surface area contributed by atoms with E-state index >= 15 is 0 Å². The summed E-state index contributed by atoms with van der Waals surface area (Å²) in [6, 6.07) is 21.7. The first kappa shape index (κ1) is 27.6. The number of aryl methyl sites for hydroxylation is 1. The van der Waals surface area contributed by atoms with Gasteiger partial charge in [0.25, 0.3) is 5.91 Å². The molecule has 1 N–H and O–H groups in total. The van der Waals surface area contributed by atoms with Gasteiger partial charge in [0.2, 0.25) is 5.91 Å². The van der Waals surface area contributed by atoms with Crippen molar-refractivity contribution in [1.82, 2.24) is 10.2 Å². The fraction of sp³-hybridized carbons (Fsp3) is 0.310. The summed E-state index contributed by atoms with van der Waals surface area (Å²) in [5, 5.41) is 3.79. The number of halogens is 2. The van der Waals surface area contributed by atoms with Gasteiger partial charge in [-0.2, -0.15) is 0 Å². The van der Waals surface area contributed by atoms with Crippen molar-refractivity contribution in [1.29, 1.82) is 0 Å². The summed E-state index contributed by atoms with van der Waals surface area (Å²) < 4.78 is 5.82. The number of hydrogen-bond acceptors (Lipinski definition) is 3. The summed E-state index contributed by atoms with van der Waals surface area (Å²) in [7, 11) is 0. The summed E-state index contributed by atoms with van der Waals surface area (Å²) in [6.45, 7) is 5.84. The summed E-state index contributed by atoms with van der Waals surface area (Å²) in [5.74, 6) is 0.0660. The standard InChI is InChI=1S/C29H32Cl2N2O3/c1-4-21-10-13-24(14-11-21)36-19-28(34)33(18-23-12-15-25(30)26(31)16-23)27(29(35)32-20(2)3)17-22-8-6-5-7-9-22/h5-16,20,27H,4,17-19H2,1-3H3,(H,32,35)/t27-/m1/s1. The Balaban J connectivity index is 1.90. The van der Waals surface area contributed by atoms with Gasteiger partial charge in [-0.25, -0.2) is 0 Å². The molecular formula is C29H32Cl2N2O3. The van der Waals surface area contributed by atoms with Gasteiger partial charge in [0.05, 0.1) is 10.0 Å². The lowest BCUT2D eigenvalue weighted by Crippen LogP contribution is -2.52.